The largest absolute Gasteiger partial charge is 0.496 e. The van der Waals surface area contributed by atoms with Gasteiger partial charge in [0.25, 0.3) is 0 Å². The number of hydrogen-bond acceptors (Lipinski definition) is 3. The van der Waals surface area contributed by atoms with Crippen molar-refractivity contribution in [3.05, 3.63) is 23.8 Å². The maximum Gasteiger partial charge on any atom is 0.321 e. The van der Waals surface area contributed by atoms with Gasteiger partial charge in [-0.1, -0.05) is 6.07 Å². The first-order valence-corrected chi connectivity index (χ1v) is 6.97. The average molecular weight is 291 g/mol. The van der Waals surface area contributed by atoms with E-state index >= 15 is 0 Å². The highest BCUT2D eigenvalue weighted by molar-refractivity contribution is 5.90. The minimum atomic E-state index is -0.188. The van der Waals surface area contributed by atoms with Crippen molar-refractivity contribution >= 4 is 17.6 Å². The van der Waals surface area contributed by atoms with Crippen LogP contribution in [0.25, 0.3) is 0 Å². The molecule has 21 heavy (non-hydrogen) atoms. The van der Waals surface area contributed by atoms with Crippen molar-refractivity contribution in [1.29, 1.82) is 0 Å². The van der Waals surface area contributed by atoms with Crippen LogP contribution in [0.4, 0.5) is 10.5 Å². The van der Waals surface area contributed by atoms with Gasteiger partial charge in [-0.25, -0.2) is 4.79 Å². The molecule has 1 aromatic rings. The van der Waals surface area contributed by atoms with Gasteiger partial charge in [-0.05, 0) is 25.0 Å². The summed E-state index contributed by atoms with van der Waals surface area (Å²) in [5.41, 5.74) is 1.70. The number of nitrogens with one attached hydrogen (secondary N) is 2. The van der Waals surface area contributed by atoms with Crippen LogP contribution in [-0.4, -0.2) is 44.1 Å². The molecule has 0 saturated carbocycles. The molecule has 0 unspecified atom stereocenters. The minimum absolute atomic E-state index is 0.0118. The van der Waals surface area contributed by atoms with E-state index in [-0.39, 0.29) is 17.9 Å². The normalized spacial score (nSPS) is 17.5. The van der Waals surface area contributed by atoms with Crippen LogP contribution in [0.1, 0.15) is 12.0 Å². The van der Waals surface area contributed by atoms with E-state index in [1.54, 1.807) is 25.1 Å². The summed E-state index contributed by atoms with van der Waals surface area (Å²) in [5, 5.41) is 5.46. The second-order valence-corrected chi connectivity index (χ2v) is 5.16. The number of ether oxygens (including phenoxy) is 1. The SMILES string of the molecule is CNC(=O)[C@@H]1CCN(C(=O)Nc2ccc(C)c(OC)c2)C1. The van der Waals surface area contributed by atoms with E-state index in [0.29, 0.717) is 25.2 Å². The van der Waals surface area contributed by atoms with Gasteiger partial charge in [0, 0.05) is 31.9 Å². The van der Waals surface area contributed by atoms with Crippen LogP contribution in [-0.2, 0) is 4.79 Å². The minimum Gasteiger partial charge on any atom is -0.496 e. The molecule has 3 amide bonds. The highest BCUT2D eigenvalue weighted by atomic mass is 16.5. The summed E-state index contributed by atoms with van der Waals surface area (Å²) >= 11 is 0. The van der Waals surface area contributed by atoms with Gasteiger partial charge in [-0.3, -0.25) is 4.79 Å². The molecule has 0 spiro atoms. The maximum atomic E-state index is 12.2. The van der Waals surface area contributed by atoms with Gasteiger partial charge < -0.3 is 20.3 Å². The molecule has 114 valence electrons. The van der Waals surface area contributed by atoms with Crippen molar-refractivity contribution in [3.8, 4) is 5.75 Å². The highest BCUT2D eigenvalue weighted by Crippen LogP contribution is 2.23. The van der Waals surface area contributed by atoms with Crippen LogP contribution in [0.15, 0.2) is 18.2 Å². The zero-order valence-corrected chi connectivity index (χ0v) is 12.6. The standard InChI is InChI=1S/C15H21N3O3/c1-10-4-5-12(8-13(10)21-3)17-15(20)18-7-6-11(9-18)14(19)16-2/h4-5,8,11H,6-7,9H2,1-3H3,(H,16,19)(H,17,20)/t11-/m1/s1. The molecule has 2 N–H and O–H groups in total. The summed E-state index contributed by atoms with van der Waals surface area (Å²) in [6, 6.07) is 5.33. The fourth-order valence-corrected chi connectivity index (χ4v) is 2.46. The van der Waals surface area contributed by atoms with Gasteiger partial charge in [-0.2, -0.15) is 0 Å². The van der Waals surface area contributed by atoms with Gasteiger partial charge >= 0.3 is 6.03 Å². The Morgan fingerprint density at radius 3 is 2.81 bits per heavy atom. The number of carbonyl (C=O) groups is 2. The molecule has 0 bridgehead atoms. The topological polar surface area (TPSA) is 70.7 Å². The lowest BCUT2D eigenvalue weighted by Crippen LogP contribution is -2.35. The summed E-state index contributed by atoms with van der Waals surface area (Å²) < 4.78 is 5.24. The Morgan fingerprint density at radius 2 is 2.14 bits per heavy atom. The number of benzene rings is 1. The molecule has 1 saturated heterocycles. The van der Waals surface area contributed by atoms with Crippen molar-refractivity contribution in [2.24, 2.45) is 5.92 Å². The maximum absolute atomic E-state index is 12.2. The Labute approximate surface area is 124 Å². The molecule has 1 aliphatic heterocycles. The number of amides is 3. The van der Waals surface area contributed by atoms with Crippen LogP contribution in [0.5, 0.6) is 5.75 Å². The van der Waals surface area contributed by atoms with Gasteiger partial charge in [-0.15, -0.1) is 0 Å². The fourth-order valence-electron chi connectivity index (χ4n) is 2.46. The van der Waals surface area contributed by atoms with Crippen molar-refractivity contribution < 1.29 is 14.3 Å². The molecule has 6 heteroatoms. The van der Waals surface area contributed by atoms with Crippen LogP contribution in [0.2, 0.25) is 0 Å². The number of urea groups is 1. The van der Waals surface area contributed by atoms with E-state index < -0.39 is 0 Å². The van der Waals surface area contributed by atoms with Crippen LogP contribution in [0, 0.1) is 12.8 Å². The summed E-state index contributed by atoms with van der Waals surface area (Å²) in [6.45, 7) is 2.99. The quantitative estimate of drug-likeness (QED) is 0.888. The van der Waals surface area contributed by atoms with Crippen LogP contribution in [0.3, 0.4) is 0 Å². The molecule has 1 aliphatic rings. The van der Waals surface area contributed by atoms with Gasteiger partial charge in [0.15, 0.2) is 0 Å². The molecular formula is C15H21N3O3. The zero-order chi connectivity index (χ0) is 15.4. The molecule has 1 atom stereocenters. The lowest BCUT2D eigenvalue weighted by molar-refractivity contribution is -0.124. The van der Waals surface area contributed by atoms with E-state index in [2.05, 4.69) is 10.6 Å². The number of likely N-dealkylation sites (tertiary alicyclic amines) is 1. The fraction of sp³-hybridized carbons (Fsp3) is 0.467. The average Bonchev–Trinajstić information content (AvgIpc) is 2.98. The van der Waals surface area contributed by atoms with Crippen LogP contribution < -0.4 is 15.4 Å². The number of nitrogens with zero attached hydrogens (tertiary/aromatic N) is 1. The lowest BCUT2D eigenvalue weighted by Gasteiger charge is -2.17. The van der Waals surface area contributed by atoms with Crippen molar-refractivity contribution in [3.63, 3.8) is 0 Å². The number of rotatable bonds is 3. The molecule has 0 aliphatic carbocycles. The van der Waals surface area contributed by atoms with E-state index in [4.69, 9.17) is 4.74 Å². The van der Waals surface area contributed by atoms with Gasteiger partial charge in [0.05, 0.1) is 13.0 Å². The van der Waals surface area contributed by atoms with E-state index in [9.17, 15) is 9.59 Å². The van der Waals surface area contributed by atoms with E-state index in [0.717, 1.165) is 11.3 Å². The first kappa shape index (κ1) is 15.2. The zero-order valence-electron chi connectivity index (χ0n) is 12.6. The Hall–Kier alpha value is -2.24. The Morgan fingerprint density at radius 1 is 1.38 bits per heavy atom. The first-order chi connectivity index (χ1) is 10.0. The monoisotopic (exact) mass is 291 g/mol. The predicted octanol–water partition coefficient (Wildman–Crippen LogP) is 1.60. The number of aryl methyl sites for hydroxylation is 1. The van der Waals surface area contributed by atoms with Crippen molar-refractivity contribution in [1.82, 2.24) is 10.2 Å². The smallest absolute Gasteiger partial charge is 0.321 e. The summed E-state index contributed by atoms with van der Waals surface area (Å²) in [4.78, 5) is 25.4. The molecule has 6 nitrogen and oxygen atoms in total. The number of hydrogen-bond donors (Lipinski definition) is 2. The lowest BCUT2D eigenvalue weighted by atomic mass is 10.1. The second kappa shape index (κ2) is 6.47. The Kier molecular flexibility index (Phi) is 4.67. The molecule has 0 radical (unpaired) electrons. The van der Waals surface area contributed by atoms with Gasteiger partial charge in [0.1, 0.15) is 5.75 Å². The molecule has 1 aromatic carbocycles. The summed E-state index contributed by atoms with van der Waals surface area (Å²) in [5.74, 6) is 0.605. The van der Waals surface area contributed by atoms with Crippen molar-refractivity contribution in [2.75, 3.05) is 32.6 Å². The molecule has 2 rings (SSSR count). The second-order valence-electron chi connectivity index (χ2n) is 5.16. The summed E-state index contributed by atoms with van der Waals surface area (Å²) in [7, 11) is 3.21. The third-order valence-corrected chi connectivity index (χ3v) is 3.75. The number of anilines is 1. The third-order valence-electron chi connectivity index (χ3n) is 3.75. The molecule has 0 aromatic heterocycles. The summed E-state index contributed by atoms with van der Waals surface area (Å²) in [6.07, 6.45) is 0.699. The predicted molar refractivity (Wildman–Crippen MR) is 80.5 cm³/mol. The Bertz CT molecular complexity index is 545. The van der Waals surface area contributed by atoms with Gasteiger partial charge in [0.2, 0.25) is 5.91 Å². The van der Waals surface area contributed by atoms with Crippen LogP contribution >= 0.6 is 0 Å². The van der Waals surface area contributed by atoms with E-state index in [1.165, 1.54) is 0 Å². The first-order valence-electron chi connectivity index (χ1n) is 6.97. The third kappa shape index (κ3) is 3.45. The highest BCUT2D eigenvalue weighted by Gasteiger charge is 2.30. The number of carbonyl (C=O) groups excluding carboxylic acids is 2. The van der Waals surface area contributed by atoms with Crippen molar-refractivity contribution in [2.45, 2.75) is 13.3 Å². The molecule has 1 fully saturated rings. The van der Waals surface area contributed by atoms with E-state index in [1.807, 2.05) is 19.1 Å². The number of methoxy groups -OCH3 is 1. The Balaban J connectivity index is 1.98. The molecule has 1 heterocycles. The molecular weight excluding hydrogens is 270 g/mol.